The van der Waals surface area contributed by atoms with Crippen molar-refractivity contribution in [2.24, 2.45) is 5.92 Å². The van der Waals surface area contributed by atoms with Gasteiger partial charge in [-0.05, 0) is 32.1 Å². The topological polar surface area (TPSA) is 84.2 Å². The number of aromatic nitrogens is 2. The predicted molar refractivity (Wildman–Crippen MR) is 82.8 cm³/mol. The van der Waals surface area contributed by atoms with Gasteiger partial charge >= 0.3 is 5.69 Å². The van der Waals surface area contributed by atoms with Gasteiger partial charge in [-0.1, -0.05) is 13.8 Å². The second-order valence-electron chi connectivity index (χ2n) is 5.92. The van der Waals surface area contributed by atoms with Gasteiger partial charge in [0.05, 0.1) is 4.92 Å². The average Bonchev–Trinajstić information content (AvgIpc) is 3.22. The van der Waals surface area contributed by atoms with Gasteiger partial charge in [-0.15, -0.1) is 0 Å². The minimum absolute atomic E-state index is 0.0321. The molecule has 0 atom stereocenters. The molecule has 1 aromatic heterocycles. The maximum atomic E-state index is 11.4. The minimum atomic E-state index is -0.366. The van der Waals surface area contributed by atoms with Crippen molar-refractivity contribution in [2.45, 2.75) is 46.1 Å². The molecule has 1 aromatic rings. The molecule has 7 heteroatoms. The third kappa shape index (κ3) is 3.59. The largest absolute Gasteiger partial charge is 0.357 e. The summed E-state index contributed by atoms with van der Waals surface area (Å²) in [4.78, 5) is 21.6. The standard InChI is InChI=1S/C14H23N5O2/c1-9(2)7-8-18(11-5-6-11)13-12(19(20)21)10(3)16-14(15-4)17-13/h9,11H,5-8H2,1-4H3,(H,15,16,17). The summed E-state index contributed by atoms with van der Waals surface area (Å²) in [6.07, 6.45) is 3.14. The third-order valence-corrected chi connectivity index (χ3v) is 3.65. The van der Waals surface area contributed by atoms with E-state index in [2.05, 4.69) is 34.0 Å². The van der Waals surface area contributed by atoms with Crippen molar-refractivity contribution < 1.29 is 4.92 Å². The van der Waals surface area contributed by atoms with E-state index in [1.54, 1.807) is 14.0 Å². The molecule has 1 aliphatic carbocycles. The van der Waals surface area contributed by atoms with Crippen molar-refractivity contribution in [3.63, 3.8) is 0 Å². The van der Waals surface area contributed by atoms with Gasteiger partial charge in [-0.3, -0.25) is 10.1 Å². The van der Waals surface area contributed by atoms with Crippen LogP contribution in [0.4, 0.5) is 17.5 Å². The monoisotopic (exact) mass is 293 g/mol. The number of nitrogens with one attached hydrogen (secondary N) is 1. The first-order chi connectivity index (χ1) is 9.93. The molecule has 1 N–H and O–H groups in total. The zero-order valence-electron chi connectivity index (χ0n) is 13.1. The van der Waals surface area contributed by atoms with Crippen LogP contribution in [0.2, 0.25) is 0 Å². The fourth-order valence-corrected chi connectivity index (χ4v) is 2.32. The Bertz CT molecular complexity index is 528. The molecule has 116 valence electrons. The maximum absolute atomic E-state index is 11.4. The number of nitro groups is 1. The summed E-state index contributed by atoms with van der Waals surface area (Å²) in [5.41, 5.74) is 0.439. The van der Waals surface area contributed by atoms with E-state index in [0.29, 0.717) is 29.4 Å². The molecule has 1 fully saturated rings. The van der Waals surface area contributed by atoms with E-state index >= 15 is 0 Å². The highest BCUT2D eigenvalue weighted by Crippen LogP contribution is 2.37. The van der Waals surface area contributed by atoms with Crippen molar-refractivity contribution in [2.75, 3.05) is 23.8 Å². The second kappa shape index (κ2) is 6.24. The van der Waals surface area contributed by atoms with Crippen LogP contribution in [-0.2, 0) is 0 Å². The van der Waals surface area contributed by atoms with E-state index in [9.17, 15) is 10.1 Å². The van der Waals surface area contributed by atoms with Crippen LogP contribution in [0.25, 0.3) is 0 Å². The Labute approximate surface area is 124 Å². The molecular weight excluding hydrogens is 270 g/mol. The Morgan fingerprint density at radius 3 is 2.57 bits per heavy atom. The van der Waals surface area contributed by atoms with E-state index in [-0.39, 0.29) is 10.6 Å². The van der Waals surface area contributed by atoms with Crippen molar-refractivity contribution in [1.82, 2.24) is 9.97 Å². The lowest BCUT2D eigenvalue weighted by Crippen LogP contribution is -2.30. The molecule has 1 heterocycles. The predicted octanol–water partition coefficient (Wildman–Crippen LogP) is 2.75. The van der Waals surface area contributed by atoms with E-state index < -0.39 is 0 Å². The second-order valence-corrected chi connectivity index (χ2v) is 5.92. The highest BCUT2D eigenvalue weighted by Gasteiger charge is 2.35. The molecule has 7 nitrogen and oxygen atoms in total. The Morgan fingerprint density at radius 1 is 1.43 bits per heavy atom. The third-order valence-electron chi connectivity index (χ3n) is 3.65. The molecule has 0 aromatic carbocycles. The van der Waals surface area contributed by atoms with Crippen LogP contribution < -0.4 is 10.2 Å². The average molecular weight is 293 g/mol. The summed E-state index contributed by atoms with van der Waals surface area (Å²) in [6.45, 7) is 6.77. The molecule has 0 spiro atoms. The summed E-state index contributed by atoms with van der Waals surface area (Å²) >= 11 is 0. The van der Waals surface area contributed by atoms with Gasteiger partial charge < -0.3 is 10.2 Å². The van der Waals surface area contributed by atoms with Gasteiger partial charge in [0.15, 0.2) is 0 Å². The Hall–Kier alpha value is -1.92. The molecule has 0 saturated heterocycles. The van der Waals surface area contributed by atoms with Gasteiger partial charge in [0.2, 0.25) is 11.8 Å². The maximum Gasteiger partial charge on any atom is 0.332 e. The van der Waals surface area contributed by atoms with E-state index in [1.807, 2.05) is 0 Å². The minimum Gasteiger partial charge on any atom is -0.357 e. The molecular formula is C14H23N5O2. The Morgan fingerprint density at radius 2 is 2.10 bits per heavy atom. The lowest BCUT2D eigenvalue weighted by atomic mass is 10.1. The molecule has 1 aliphatic rings. The van der Waals surface area contributed by atoms with Crippen molar-refractivity contribution in [3.8, 4) is 0 Å². The summed E-state index contributed by atoms with van der Waals surface area (Å²) < 4.78 is 0. The fourth-order valence-electron chi connectivity index (χ4n) is 2.32. The number of nitrogens with zero attached hydrogens (tertiary/aromatic N) is 4. The molecule has 1 saturated carbocycles. The molecule has 0 unspecified atom stereocenters. The summed E-state index contributed by atoms with van der Waals surface area (Å²) in [7, 11) is 1.72. The quantitative estimate of drug-likeness (QED) is 0.614. The van der Waals surface area contributed by atoms with Crippen LogP contribution in [-0.4, -0.2) is 34.5 Å². The smallest absolute Gasteiger partial charge is 0.332 e. The van der Waals surface area contributed by atoms with Crippen LogP contribution in [0.15, 0.2) is 0 Å². The number of hydrogen-bond acceptors (Lipinski definition) is 6. The van der Waals surface area contributed by atoms with Crippen LogP contribution >= 0.6 is 0 Å². The van der Waals surface area contributed by atoms with Crippen LogP contribution in [0, 0.1) is 23.0 Å². The lowest BCUT2D eigenvalue weighted by molar-refractivity contribution is -0.385. The molecule has 0 radical (unpaired) electrons. The zero-order valence-corrected chi connectivity index (χ0v) is 13.1. The highest BCUT2D eigenvalue weighted by molar-refractivity contribution is 5.63. The number of aryl methyl sites for hydroxylation is 1. The molecule has 0 amide bonds. The van der Waals surface area contributed by atoms with E-state index in [4.69, 9.17) is 0 Å². The molecule has 0 bridgehead atoms. The fraction of sp³-hybridized carbons (Fsp3) is 0.714. The van der Waals surface area contributed by atoms with Crippen molar-refractivity contribution in [1.29, 1.82) is 0 Å². The van der Waals surface area contributed by atoms with Crippen molar-refractivity contribution >= 4 is 17.5 Å². The van der Waals surface area contributed by atoms with Gasteiger partial charge in [-0.2, -0.15) is 4.98 Å². The summed E-state index contributed by atoms with van der Waals surface area (Å²) in [6, 6.07) is 0.376. The summed E-state index contributed by atoms with van der Waals surface area (Å²) in [5.74, 6) is 1.44. The van der Waals surface area contributed by atoms with Gasteiger partial charge in [-0.25, -0.2) is 4.98 Å². The number of hydrogen-bond donors (Lipinski definition) is 1. The van der Waals surface area contributed by atoms with Crippen LogP contribution in [0.3, 0.4) is 0 Å². The first kappa shape index (κ1) is 15.5. The number of anilines is 2. The first-order valence-electron chi connectivity index (χ1n) is 7.41. The molecule has 2 rings (SSSR count). The van der Waals surface area contributed by atoms with Gasteiger partial charge in [0.1, 0.15) is 5.69 Å². The summed E-state index contributed by atoms with van der Waals surface area (Å²) in [5, 5.41) is 14.3. The van der Waals surface area contributed by atoms with Crippen molar-refractivity contribution in [3.05, 3.63) is 15.8 Å². The molecule has 0 aliphatic heterocycles. The molecule has 21 heavy (non-hydrogen) atoms. The van der Waals surface area contributed by atoms with Crippen LogP contribution in [0.5, 0.6) is 0 Å². The Kier molecular flexibility index (Phi) is 4.59. The van der Waals surface area contributed by atoms with E-state index in [1.165, 1.54) is 0 Å². The highest BCUT2D eigenvalue weighted by atomic mass is 16.6. The normalized spacial score (nSPS) is 14.3. The lowest BCUT2D eigenvalue weighted by Gasteiger charge is -2.24. The Balaban J connectivity index is 2.41. The SMILES string of the molecule is CNc1nc(C)c([N+](=O)[O-])c(N(CCC(C)C)C2CC2)n1. The zero-order chi connectivity index (χ0) is 15.6. The van der Waals surface area contributed by atoms with Gasteiger partial charge in [0.25, 0.3) is 0 Å². The number of rotatable bonds is 7. The van der Waals surface area contributed by atoms with E-state index in [0.717, 1.165) is 25.8 Å². The first-order valence-corrected chi connectivity index (χ1v) is 7.41. The van der Waals surface area contributed by atoms with Gasteiger partial charge in [0, 0.05) is 19.6 Å². The van der Waals surface area contributed by atoms with Crippen LogP contribution in [0.1, 0.15) is 38.8 Å².